The number of carbonyl (C=O) groups is 1. The van der Waals surface area contributed by atoms with Gasteiger partial charge in [-0.25, -0.2) is 0 Å². The van der Waals surface area contributed by atoms with E-state index in [4.69, 9.17) is 4.74 Å². The Balaban J connectivity index is 1.44. The maximum absolute atomic E-state index is 12.5. The van der Waals surface area contributed by atoms with Gasteiger partial charge in [-0.1, -0.05) is 0 Å². The lowest BCUT2D eigenvalue weighted by molar-refractivity contribution is -0.133. The Kier molecular flexibility index (Phi) is 5.69. The Hall–Kier alpha value is -0.950. The smallest absolute Gasteiger partial charge is 0.224 e. The van der Waals surface area contributed by atoms with Crippen LogP contribution < -0.4 is 0 Å². The van der Waals surface area contributed by atoms with Gasteiger partial charge in [0.05, 0.1) is 12.7 Å². The lowest BCUT2D eigenvalue weighted by Gasteiger charge is -2.34. The molecule has 2 aliphatic heterocycles. The number of carbonyl (C=O) groups excluding carboxylic acids is 1. The maximum atomic E-state index is 12.5. The summed E-state index contributed by atoms with van der Waals surface area (Å²) in [6.45, 7) is 6.10. The first-order valence-corrected chi connectivity index (χ1v) is 9.31. The zero-order chi connectivity index (χ0) is 16.2. The van der Waals surface area contributed by atoms with E-state index in [1.54, 1.807) is 0 Å². The predicted octanol–water partition coefficient (Wildman–Crippen LogP) is 1.29. The summed E-state index contributed by atoms with van der Waals surface area (Å²) < 4.78 is 5.79. The van der Waals surface area contributed by atoms with Crippen LogP contribution in [0, 0.1) is 0 Å². The van der Waals surface area contributed by atoms with E-state index in [0.717, 1.165) is 52.3 Å². The number of nitrogens with zero attached hydrogens (tertiary/aromatic N) is 3. The molecule has 5 nitrogen and oxygen atoms in total. The van der Waals surface area contributed by atoms with Gasteiger partial charge < -0.3 is 14.5 Å². The van der Waals surface area contributed by atoms with Gasteiger partial charge >= 0.3 is 0 Å². The van der Waals surface area contributed by atoms with Gasteiger partial charge in [0.25, 0.3) is 0 Å². The molecule has 3 heterocycles. The molecule has 0 bridgehead atoms. The van der Waals surface area contributed by atoms with E-state index in [0.29, 0.717) is 6.42 Å². The van der Waals surface area contributed by atoms with Gasteiger partial charge in [0, 0.05) is 50.6 Å². The molecular weight excluding hydrogens is 310 g/mol. The standard InChI is InChI=1S/C17H27N3O2S/c1-18(2)12-15-13-19(8-9-22-15)6-4-17(21)20-7-3-16-14(11-20)5-10-23-16/h5,10,15H,3-4,6-9,11-13H2,1-2H3/t15-/m0/s1. The van der Waals surface area contributed by atoms with E-state index >= 15 is 0 Å². The number of amides is 1. The summed E-state index contributed by atoms with van der Waals surface area (Å²) in [5.41, 5.74) is 1.34. The van der Waals surface area contributed by atoms with E-state index in [1.807, 2.05) is 16.2 Å². The molecule has 0 saturated carbocycles. The fourth-order valence-electron chi connectivity index (χ4n) is 3.37. The summed E-state index contributed by atoms with van der Waals surface area (Å²) >= 11 is 1.82. The molecule has 23 heavy (non-hydrogen) atoms. The third-order valence-electron chi connectivity index (χ3n) is 4.59. The highest BCUT2D eigenvalue weighted by atomic mass is 32.1. The quantitative estimate of drug-likeness (QED) is 0.811. The van der Waals surface area contributed by atoms with Gasteiger partial charge in [0.1, 0.15) is 0 Å². The van der Waals surface area contributed by atoms with Crippen molar-refractivity contribution in [2.75, 3.05) is 53.4 Å². The van der Waals surface area contributed by atoms with Gasteiger partial charge in [-0.15, -0.1) is 11.3 Å². The number of rotatable bonds is 5. The van der Waals surface area contributed by atoms with E-state index in [1.165, 1.54) is 10.4 Å². The highest BCUT2D eigenvalue weighted by Crippen LogP contribution is 2.24. The average Bonchev–Trinajstić information content (AvgIpc) is 3.00. The zero-order valence-corrected chi connectivity index (χ0v) is 15.0. The number of fused-ring (bicyclic) bond motifs is 1. The van der Waals surface area contributed by atoms with E-state index in [-0.39, 0.29) is 12.0 Å². The van der Waals surface area contributed by atoms with Crippen molar-refractivity contribution in [2.45, 2.75) is 25.5 Å². The first-order chi connectivity index (χ1) is 11.1. The number of thiophene rings is 1. The molecule has 1 aromatic rings. The van der Waals surface area contributed by atoms with Crippen molar-refractivity contribution in [1.29, 1.82) is 0 Å². The SMILES string of the molecule is CN(C)C[C@H]1CN(CCC(=O)N2CCc3sccc3C2)CCO1. The fourth-order valence-corrected chi connectivity index (χ4v) is 4.26. The lowest BCUT2D eigenvalue weighted by atomic mass is 10.1. The summed E-state index contributed by atoms with van der Waals surface area (Å²) in [6, 6.07) is 2.16. The van der Waals surface area contributed by atoms with Crippen LogP contribution in [0.1, 0.15) is 16.9 Å². The van der Waals surface area contributed by atoms with E-state index < -0.39 is 0 Å². The Morgan fingerprint density at radius 1 is 1.43 bits per heavy atom. The molecule has 0 aromatic carbocycles. The third-order valence-corrected chi connectivity index (χ3v) is 5.62. The molecule has 0 aliphatic carbocycles. The largest absolute Gasteiger partial charge is 0.374 e. The van der Waals surface area contributed by atoms with Crippen molar-refractivity contribution in [3.05, 3.63) is 21.9 Å². The van der Waals surface area contributed by atoms with Crippen LogP contribution in [0.2, 0.25) is 0 Å². The molecule has 1 fully saturated rings. The molecule has 0 N–H and O–H groups in total. The van der Waals surface area contributed by atoms with Crippen molar-refractivity contribution >= 4 is 17.2 Å². The Bertz CT molecular complexity index is 532. The normalized spacial score (nSPS) is 22.4. The van der Waals surface area contributed by atoms with E-state index in [9.17, 15) is 4.79 Å². The van der Waals surface area contributed by atoms with Crippen molar-refractivity contribution in [1.82, 2.24) is 14.7 Å². The maximum Gasteiger partial charge on any atom is 0.224 e. The third kappa shape index (κ3) is 4.53. The Morgan fingerprint density at radius 2 is 2.30 bits per heavy atom. The molecular formula is C17H27N3O2S. The monoisotopic (exact) mass is 337 g/mol. The Labute approximate surface area is 142 Å². The lowest BCUT2D eigenvalue weighted by Crippen LogP contribution is -2.47. The molecule has 6 heteroatoms. The Morgan fingerprint density at radius 3 is 3.13 bits per heavy atom. The summed E-state index contributed by atoms with van der Waals surface area (Å²) in [5.74, 6) is 0.289. The summed E-state index contributed by atoms with van der Waals surface area (Å²) in [7, 11) is 4.14. The van der Waals surface area contributed by atoms with Gasteiger partial charge in [-0.05, 0) is 37.5 Å². The van der Waals surface area contributed by atoms with E-state index in [2.05, 4.69) is 35.3 Å². The second-order valence-corrected chi connectivity index (χ2v) is 7.74. The van der Waals surface area contributed by atoms with Gasteiger partial charge in [-0.2, -0.15) is 0 Å². The fraction of sp³-hybridized carbons (Fsp3) is 0.706. The van der Waals surface area contributed by atoms with Crippen LogP contribution in [0.3, 0.4) is 0 Å². The zero-order valence-electron chi connectivity index (χ0n) is 14.2. The molecule has 1 amide bonds. The van der Waals surface area contributed by atoms with Crippen LogP contribution in [-0.2, 0) is 22.5 Å². The minimum Gasteiger partial charge on any atom is -0.374 e. The topological polar surface area (TPSA) is 36.0 Å². The minimum absolute atomic E-state index is 0.261. The summed E-state index contributed by atoms with van der Waals surface area (Å²) in [4.78, 5) is 20.5. The summed E-state index contributed by atoms with van der Waals surface area (Å²) in [6.07, 6.45) is 1.90. The molecule has 0 radical (unpaired) electrons. The van der Waals surface area contributed by atoms with Crippen LogP contribution in [0.25, 0.3) is 0 Å². The van der Waals surface area contributed by atoms with Gasteiger partial charge in [0.2, 0.25) is 5.91 Å². The van der Waals surface area contributed by atoms with Crippen LogP contribution in [0.5, 0.6) is 0 Å². The first-order valence-electron chi connectivity index (χ1n) is 8.43. The number of ether oxygens (including phenoxy) is 1. The molecule has 1 aromatic heterocycles. The second kappa shape index (κ2) is 7.75. The van der Waals surface area contributed by atoms with Crippen molar-refractivity contribution < 1.29 is 9.53 Å². The number of morpholine rings is 1. The molecule has 1 atom stereocenters. The first kappa shape index (κ1) is 16.9. The highest BCUT2D eigenvalue weighted by Gasteiger charge is 2.24. The van der Waals surface area contributed by atoms with Crippen LogP contribution in [0.15, 0.2) is 11.4 Å². The number of hydrogen-bond donors (Lipinski definition) is 0. The van der Waals surface area contributed by atoms with Crippen LogP contribution in [0.4, 0.5) is 0 Å². The van der Waals surface area contributed by atoms with Crippen LogP contribution >= 0.6 is 11.3 Å². The second-order valence-electron chi connectivity index (χ2n) is 6.74. The van der Waals surface area contributed by atoms with Gasteiger partial charge in [0.15, 0.2) is 0 Å². The molecule has 3 rings (SSSR count). The molecule has 128 valence electrons. The average molecular weight is 337 g/mol. The molecule has 2 aliphatic rings. The van der Waals surface area contributed by atoms with Crippen molar-refractivity contribution in [2.24, 2.45) is 0 Å². The molecule has 0 spiro atoms. The van der Waals surface area contributed by atoms with Crippen LogP contribution in [-0.4, -0.2) is 80.1 Å². The molecule has 1 saturated heterocycles. The van der Waals surface area contributed by atoms with Crippen molar-refractivity contribution in [3.63, 3.8) is 0 Å². The number of hydrogen-bond acceptors (Lipinski definition) is 5. The minimum atomic E-state index is 0.261. The van der Waals surface area contributed by atoms with Gasteiger partial charge in [-0.3, -0.25) is 9.69 Å². The predicted molar refractivity (Wildman–Crippen MR) is 92.8 cm³/mol. The van der Waals surface area contributed by atoms with Crippen molar-refractivity contribution in [3.8, 4) is 0 Å². The summed E-state index contributed by atoms with van der Waals surface area (Å²) in [5, 5.41) is 2.14. The number of likely N-dealkylation sites (N-methyl/N-ethyl adjacent to an activating group) is 1. The highest BCUT2D eigenvalue weighted by molar-refractivity contribution is 7.10. The molecule has 0 unspecified atom stereocenters.